The lowest BCUT2D eigenvalue weighted by Gasteiger charge is -2.18. The molecule has 0 aliphatic rings. The molecule has 3 atom stereocenters. The van der Waals surface area contributed by atoms with E-state index in [-0.39, 0.29) is 18.2 Å². The molecule has 0 saturated heterocycles. The zero-order valence-electron chi connectivity index (χ0n) is 10.6. The maximum absolute atomic E-state index is 5.58. The van der Waals surface area contributed by atoms with Crippen LogP contribution in [0.4, 0.5) is 0 Å². The standard InChI is InChI=1S/C11H26N2O3/c1-9(13)6-15-11(3)8-16-10(2)7-14-5-4-12/h9-11H,4-8,12-13H2,1-3H3. The summed E-state index contributed by atoms with van der Waals surface area (Å²) >= 11 is 0. The lowest BCUT2D eigenvalue weighted by atomic mass is 10.3. The lowest BCUT2D eigenvalue weighted by molar-refractivity contribution is -0.0575. The molecular weight excluding hydrogens is 208 g/mol. The van der Waals surface area contributed by atoms with Gasteiger partial charge in [-0.3, -0.25) is 0 Å². The molecule has 0 amide bonds. The van der Waals surface area contributed by atoms with E-state index in [1.165, 1.54) is 0 Å². The van der Waals surface area contributed by atoms with Crippen LogP contribution in [-0.4, -0.2) is 51.2 Å². The van der Waals surface area contributed by atoms with Gasteiger partial charge in [-0.2, -0.15) is 0 Å². The van der Waals surface area contributed by atoms with Gasteiger partial charge in [0.05, 0.1) is 38.6 Å². The van der Waals surface area contributed by atoms with Crippen LogP contribution >= 0.6 is 0 Å². The van der Waals surface area contributed by atoms with Crippen LogP contribution in [0, 0.1) is 0 Å². The Morgan fingerprint density at radius 3 is 2.06 bits per heavy atom. The lowest BCUT2D eigenvalue weighted by Crippen LogP contribution is -2.29. The fourth-order valence-electron chi connectivity index (χ4n) is 1.04. The number of nitrogens with two attached hydrogens (primary N) is 2. The van der Waals surface area contributed by atoms with E-state index < -0.39 is 0 Å². The van der Waals surface area contributed by atoms with E-state index in [2.05, 4.69) is 0 Å². The van der Waals surface area contributed by atoms with Crippen molar-refractivity contribution < 1.29 is 14.2 Å². The van der Waals surface area contributed by atoms with Crippen molar-refractivity contribution in [2.24, 2.45) is 11.5 Å². The Morgan fingerprint density at radius 1 is 0.938 bits per heavy atom. The van der Waals surface area contributed by atoms with Gasteiger partial charge in [0.2, 0.25) is 0 Å². The third-order valence-electron chi connectivity index (χ3n) is 1.87. The molecular formula is C11H26N2O3. The largest absolute Gasteiger partial charge is 0.377 e. The van der Waals surface area contributed by atoms with Gasteiger partial charge in [0.25, 0.3) is 0 Å². The molecule has 5 nitrogen and oxygen atoms in total. The van der Waals surface area contributed by atoms with Gasteiger partial charge in [-0.1, -0.05) is 0 Å². The molecule has 4 N–H and O–H groups in total. The van der Waals surface area contributed by atoms with E-state index in [1.807, 2.05) is 20.8 Å². The Labute approximate surface area is 98.4 Å². The van der Waals surface area contributed by atoms with Crippen LogP contribution in [0.3, 0.4) is 0 Å². The minimum atomic E-state index is 0.0583. The summed E-state index contributed by atoms with van der Waals surface area (Å²) in [6, 6.07) is 0.0627. The van der Waals surface area contributed by atoms with Crippen molar-refractivity contribution in [3.8, 4) is 0 Å². The first-order valence-corrected chi connectivity index (χ1v) is 5.82. The van der Waals surface area contributed by atoms with E-state index in [1.54, 1.807) is 0 Å². The van der Waals surface area contributed by atoms with Crippen molar-refractivity contribution in [1.29, 1.82) is 0 Å². The smallest absolute Gasteiger partial charge is 0.0781 e. The molecule has 0 radical (unpaired) electrons. The second-order valence-corrected chi connectivity index (χ2v) is 4.13. The molecule has 98 valence electrons. The zero-order chi connectivity index (χ0) is 12.4. The van der Waals surface area contributed by atoms with Crippen LogP contribution in [0.1, 0.15) is 20.8 Å². The summed E-state index contributed by atoms with van der Waals surface area (Å²) in [6.45, 7) is 8.65. The Balaban J connectivity index is 3.39. The predicted octanol–water partition coefficient (Wildman–Crippen LogP) is 0.119. The zero-order valence-corrected chi connectivity index (χ0v) is 10.6. The highest BCUT2D eigenvalue weighted by atomic mass is 16.6. The molecule has 0 aliphatic heterocycles. The highest BCUT2D eigenvalue weighted by Gasteiger charge is 2.07. The molecule has 3 unspecified atom stereocenters. The minimum Gasteiger partial charge on any atom is -0.377 e. The first-order valence-electron chi connectivity index (χ1n) is 5.82. The molecule has 0 fully saturated rings. The van der Waals surface area contributed by atoms with Crippen molar-refractivity contribution in [3.05, 3.63) is 0 Å². The Kier molecular flexibility index (Phi) is 9.86. The Morgan fingerprint density at radius 2 is 1.50 bits per heavy atom. The van der Waals surface area contributed by atoms with Crippen molar-refractivity contribution >= 4 is 0 Å². The topological polar surface area (TPSA) is 79.7 Å². The molecule has 0 aromatic carbocycles. The monoisotopic (exact) mass is 234 g/mol. The van der Waals surface area contributed by atoms with Gasteiger partial charge in [-0.25, -0.2) is 0 Å². The summed E-state index contributed by atoms with van der Waals surface area (Å²) < 4.78 is 16.3. The average molecular weight is 234 g/mol. The molecule has 0 bridgehead atoms. The van der Waals surface area contributed by atoms with Gasteiger partial charge in [-0.05, 0) is 20.8 Å². The highest BCUT2D eigenvalue weighted by Crippen LogP contribution is 1.98. The molecule has 0 aromatic heterocycles. The van der Waals surface area contributed by atoms with Crippen molar-refractivity contribution in [2.45, 2.75) is 39.0 Å². The number of rotatable bonds is 10. The van der Waals surface area contributed by atoms with Gasteiger partial charge in [0, 0.05) is 12.6 Å². The summed E-state index contributed by atoms with van der Waals surface area (Å²) in [5.74, 6) is 0. The second-order valence-electron chi connectivity index (χ2n) is 4.13. The Bertz CT molecular complexity index is 156. The SMILES string of the molecule is CC(N)COC(C)COC(C)COCCN. The predicted molar refractivity (Wildman–Crippen MR) is 64.4 cm³/mol. The fraction of sp³-hybridized carbons (Fsp3) is 1.00. The second kappa shape index (κ2) is 9.99. The maximum Gasteiger partial charge on any atom is 0.0781 e. The summed E-state index contributed by atoms with van der Waals surface area (Å²) in [5, 5.41) is 0. The van der Waals surface area contributed by atoms with E-state index in [4.69, 9.17) is 25.7 Å². The number of ether oxygens (including phenoxy) is 3. The van der Waals surface area contributed by atoms with E-state index in [0.29, 0.717) is 33.0 Å². The van der Waals surface area contributed by atoms with Gasteiger partial charge in [-0.15, -0.1) is 0 Å². The highest BCUT2D eigenvalue weighted by molar-refractivity contribution is 4.55. The third-order valence-corrected chi connectivity index (χ3v) is 1.87. The van der Waals surface area contributed by atoms with Gasteiger partial charge in [0.1, 0.15) is 0 Å². The van der Waals surface area contributed by atoms with Crippen molar-refractivity contribution in [1.82, 2.24) is 0 Å². The third kappa shape index (κ3) is 10.3. The molecule has 0 aromatic rings. The van der Waals surface area contributed by atoms with Gasteiger partial charge < -0.3 is 25.7 Å². The number of hydrogen-bond acceptors (Lipinski definition) is 5. The molecule has 0 heterocycles. The van der Waals surface area contributed by atoms with Crippen LogP contribution in [0.25, 0.3) is 0 Å². The van der Waals surface area contributed by atoms with Gasteiger partial charge >= 0.3 is 0 Å². The van der Waals surface area contributed by atoms with Crippen molar-refractivity contribution in [2.75, 3.05) is 33.0 Å². The average Bonchev–Trinajstić information content (AvgIpc) is 2.24. The quantitative estimate of drug-likeness (QED) is 0.525. The summed E-state index contributed by atoms with van der Waals surface area (Å²) in [6.07, 6.45) is 0.121. The summed E-state index contributed by atoms with van der Waals surface area (Å²) in [5.41, 5.74) is 10.9. The summed E-state index contributed by atoms with van der Waals surface area (Å²) in [7, 11) is 0. The van der Waals surface area contributed by atoms with Crippen LogP contribution in [0.5, 0.6) is 0 Å². The van der Waals surface area contributed by atoms with Crippen LogP contribution in [-0.2, 0) is 14.2 Å². The van der Waals surface area contributed by atoms with Crippen LogP contribution in [0.15, 0.2) is 0 Å². The van der Waals surface area contributed by atoms with E-state index >= 15 is 0 Å². The first-order chi connectivity index (χ1) is 7.56. The molecule has 0 aliphatic carbocycles. The molecule has 5 heteroatoms. The van der Waals surface area contributed by atoms with Gasteiger partial charge in [0.15, 0.2) is 0 Å². The van der Waals surface area contributed by atoms with Crippen molar-refractivity contribution in [3.63, 3.8) is 0 Å². The Hall–Kier alpha value is -0.200. The van der Waals surface area contributed by atoms with Crippen LogP contribution in [0.2, 0.25) is 0 Å². The molecule has 0 rings (SSSR count). The fourth-order valence-corrected chi connectivity index (χ4v) is 1.04. The summed E-state index contributed by atoms with van der Waals surface area (Å²) in [4.78, 5) is 0. The minimum absolute atomic E-state index is 0.0583. The van der Waals surface area contributed by atoms with Crippen LogP contribution < -0.4 is 11.5 Å². The van der Waals surface area contributed by atoms with E-state index in [0.717, 1.165) is 0 Å². The number of hydrogen-bond donors (Lipinski definition) is 2. The molecule has 16 heavy (non-hydrogen) atoms. The van der Waals surface area contributed by atoms with E-state index in [9.17, 15) is 0 Å². The molecule has 0 spiro atoms. The normalized spacial score (nSPS) is 17.1. The first kappa shape index (κ1) is 15.8. The maximum atomic E-state index is 5.58. The molecule has 0 saturated carbocycles.